The minimum absolute atomic E-state index is 0.198. The maximum absolute atomic E-state index is 12.6. The molecule has 0 radical (unpaired) electrons. The lowest BCUT2D eigenvalue weighted by Gasteiger charge is -2.42. The fraction of sp³-hybridized carbons (Fsp3) is 0.929. The first kappa shape index (κ1) is 12.9. The third kappa shape index (κ3) is 2.82. The maximum Gasteiger partial charge on any atom is 0.226 e. The van der Waals surface area contributed by atoms with E-state index < -0.39 is 0 Å². The number of rotatable bonds is 1. The Bertz CT molecular complexity index is 288. The summed E-state index contributed by atoms with van der Waals surface area (Å²) < 4.78 is 0. The van der Waals surface area contributed by atoms with E-state index in [1.807, 2.05) is 0 Å². The van der Waals surface area contributed by atoms with Gasteiger partial charge in [-0.1, -0.05) is 26.7 Å². The lowest BCUT2D eigenvalue weighted by atomic mass is 9.68. The van der Waals surface area contributed by atoms with Crippen LogP contribution in [-0.2, 0) is 4.79 Å². The lowest BCUT2D eigenvalue weighted by molar-refractivity contribution is -0.142. The van der Waals surface area contributed by atoms with Crippen molar-refractivity contribution in [1.29, 1.82) is 0 Å². The van der Waals surface area contributed by atoms with Crippen molar-refractivity contribution in [2.75, 3.05) is 19.6 Å². The Balaban J connectivity index is 2.02. The summed E-state index contributed by atoms with van der Waals surface area (Å²) in [5.74, 6) is 0.657. The van der Waals surface area contributed by atoms with Crippen molar-refractivity contribution in [2.45, 2.75) is 52.5 Å². The van der Waals surface area contributed by atoms with Crippen LogP contribution in [0, 0.1) is 11.3 Å². The number of nitrogens with zero attached hydrogens (tertiary/aromatic N) is 1. The minimum atomic E-state index is 0.198. The second kappa shape index (κ2) is 4.97. The number of hydrogen-bond acceptors (Lipinski definition) is 2. The molecule has 1 saturated heterocycles. The van der Waals surface area contributed by atoms with Gasteiger partial charge in [-0.05, 0) is 25.2 Å². The highest BCUT2D eigenvalue weighted by Gasteiger charge is 2.39. The van der Waals surface area contributed by atoms with Crippen LogP contribution in [0.2, 0.25) is 0 Å². The van der Waals surface area contributed by atoms with Crippen LogP contribution in [0.5, 0.6) is 0 Å². The van der Waals surface area contributed by atoms with Gasteiger partial charge in [-0.25, -0.2) is 0 Å². The molecule has 0 aromatic heterocycles. The predicted molar refractivity (Wildman–Crippen MR) is 69.8 cm³/mol. The molecule has 1 aliphatic heterocycles. The minimum Gasteiger partial charge on any atom is -0.340 e. The molecule has 0 aromatic carbocycles. The Kier molecular flexibility index (Phi) is 3.76. The van der Waals surface area contributed by atoms with Gasteiger partial charge in [0.05, 0.1) is 0 Å². The van der Waals surface area contributed by atoms with E-state index in [1.165, 1.54) is 19.3 Å². The first-order chi connectivity index (χ1) is 8.00. The summed E-state index contributed by atoms with van der Waals surface area (Å²) in [4.78, 5) is 14.7. The van der Waals surface area contributed by atoms with E-state index in [2.05, 4.69) is 31.0 Å². The molecule has 3 nitrogen and oxygen atoms in total. The molecule has 17 heavy (non-hydrogen) atoms. The zero-order valence-electron chi connectivity index (χ0n) is 11.5. The molecule has 1 amide bonds. The molecule has 2 rings (SSSR count). The molecule has 3 heteroatoms. The molecule has 1 aliphatic carbocycles. The SMILES string of the molecule is C[C@@H]1CN(C(=O)C2CCCCC2(C)C)CCN1. The molecule has 1 N–H and O–H groups in total. The summed E-state index contributed by atoms with van der Waals surface area (Å²) in [6, 6.07) is 0.444. The summed E-state index contributed by atoms with van der Waals surface area (Å²) >= 11 is 0. The van der Waals surface area contributed by atoms with E-state index in [9.17, 15) is 4.79 Å². The van der Waals surface area contributed by atoms with E-state index in [0.29, 0.717) is 11.9 Å². The fourth-order valence-electron chi connectivity index (χ4n) is 3.30. The van der Waals surface area contributed by atoms with Gasteiger partial charge in [-0.3, -0.25) is 4.79 Å². The molecule has 2 aliphatic rings. The quantitative estimate of drug-likeness (QED) is 0.758. The van der Waals surface area contributed by atoms with Gasteiger partial charge in [0.1, 0.15) is 0 Å². The van der Waals surface area contributed by atoms with Gasteiger partial charge in [0.15, 0.2) is 0 Å². The summed E-state index contributed by atoms with van der Waals surface area (Å²) in [6.45, 7) is 9.40. The molecule has 98 valence electrons. The number of hydrogen-bond donors (Lipinski definition) is 1. The molecule has 1 heterocycles. The summed E-state index contributed by atoms with van der Waals surface area (Å²) in [7, 11) is 0. The number of piperazine rings is 1. The van der Waals surface area contributed by atoms with Crippen molar-refractivity contribution < 1.29 is 4.79 Å². The molecule has 1 unspecified atom stereocenters. The Labute approximate surface area is 105 Å². The van der Waals surface area contributed by atoms with Crippen LogP contribution < -0.4 is 5.32 Å². The van der Waals surface area contributed by atoms with Crippen LogP contribution in [0.1, 0.15) is 46.5 Å². The van der Waals surface area contributed by atoms with Crippen molar-refractivity contribution in [3.63, 3.8) is 0 Å². The third-order valence-electron chi connectivity index (χ3n) is 4.49. The first-order valence-corrected chi connectivity index (χ1v) is 7.03. The highest BCUT2D eigenvalue weighted by Crippen LogP contribution is 2.41. The standard InChI is InChI=1S/C14H26N2O/c1-11-10-16(9-8-15-11)13(17)12-6-4-5-7-14(12,2)3/h11-12,15H,4-10H2,1-3H3/t11-,12?/m1/s1. The molecule has 0 spiro atoms. The summed E-state index contributed by atoms with van der Waals surface area (Å²) in [5, 5.41) is 3.40. The van der Waals surface area contributed by atoms with Crippen molar-refractivity contribution in [1.82, 2.24) is 10.2 Å². The normalized spacial score (nSPS) is 33.5. The van der Waals surface area contributed by atoms with Gasteiger partial charge in [0, 0.05) is 31.6 Å². The molecular weight excluding hydrogens is 212 g/mol. The lowest BCUT2D eigenvalue weighted by Crippen LogP contribution is -2.54. The largest absolute Gasteiger partial charge is 0.340 e. The number of nitrogens with one attached hydrogen (secondary N) is 1. The van der Waals surface area contributed by atoms with Crippen molar-refractivity contribution in [3.8, 4) is 0 Å². The Morgan fingerprint density at radius 3 is 2.76 bits per heavy atom. The predicted octanol–water partition coefficient (Wildman–Crippen LogP) is 2.02. The van der Waals surface area contributed by atoms with Gasteiger partial charge < -0.3 is 10.2 Å². The van der Waals surface area contributed by atoms with Crippen LogP contribution >= 0.6 is 0 Å². The van der Waals surface area contributed by atoms with Crippen LogP contribution in [0.25, 0.3) is 0 Å². The Morgan fingerprint density at radius 1 is 1.35 bits per heavy atom. The van der Waals surface area contributed by atoms with Gasteiger partial charge >= 0.3 is 0 Å². The summed E-state index contributed by atoms with van der Waals surface area (Å²) in [6.07, 6.45) is 4.80. The highest BCUT2D eigenvalue weighted by atomic mass is 16.2. The zero-order chi connectivity index (χ0) is 12.5. The van der Waals surface area contributed by atoms with Crippen molar-refractivity contribution in [3.05, 3.63) is 0 Å². The average molecular weight is 238 g/mol. The molecule has 1 saturated carbocycles. The van der Waals surface area contributed by atoms with E-state index >= 15 is 0 Å². The Hall–Kier alpha value is -0.570. The zero-order valence-corrected chi connectivity index (χ0v) is 11.5. The third-order valence-corrected chi connectivity index (χ3v) is 4.49. The highest BCUT2D eigenvalue weighted by molar-refractivity contribution is 5.80. The Morgan fingerprint density at radius 2 is 2.12 bits per heavy atom. The molecular formula is C14H26N2O. The van der Waals surface area contributed by atoms with Crippen LogP contribution in [-0.4, -0.2) is 36.5 Å². The molecule has 0 bridgehead atoms. The molecule has 2 fully saturated rings. The van der Waals surface area contributed by atoms with E-state index in [0.717, 1.165) is 26.1 Å². The number of carbonyl (C=O) groups is 1. The topological polar surface area (TPSA) is 32.3 Å². The average Bonchev–Trinajstić information content (AvgIpc) is 2.27. The second-order valence-corrected chi connectivity index (χ2v) is 6.43. The van der Waals surface area contributed by atoms with E-state index in [4.69, 9.17) is 0 Å². The first-order valence-electron chi connectivity index (χ1n) is 7.03. The van der Waals surface area contributed by atoms with E-state index in [1.54, 1.807) is 0 Å². The smallest absolute Gasteiger partial charge is 0.226 e. The van der Waals surface area contributed by atoms with Gasteiger partial charge in [0.25, 0.3) is 0 Å². The molecule has 2 atom stereocenters. The van der Waals surface area contributed by atoms with Gasteiger partial charge in [-0.2, -0.15) is 0 Å². The summed E-state index contributed by atoms with van der Waals surface area (Å²) in [5.41, 5.74) is 0.198. The van der Waals surface area contributed by atoms with Gasteiger partial charge in [-0.15, -0.1) is 0 Å². The van der Waals surface area contributed by atoms with Crippen LogP contribution in [0.4, 0.5) is 0 Å². The van der Waals surface area contributed by atoms with E-state index in [-0.39, 0.29) is 11.3 Å². The fourth-order valence-corrected chi connectivity index (χ4v) is 3.30. The maximum atomic E-state index is 12.6. The van der Waals surface area contributed by atoms with Crippen molar-refractivity contribution in [2.24, 2.45) is 11.3 Å². The van der Waals surface area contributed by atoms with Crippen LogP contribution in [0.3, 0.4) is 0 Å². The second-order valence-electron chi connectivity index (χ2n) is 6.43. The molecule has 0 aromatic rings. The van der Waals surface area contributed by atoms with Crippen LogP contribution in [0.15, 0.2) is 0 Å². The monoisotopic (exact) mass is 238 g/mol. The number of amides is 1. The van der Waals surface area contributed by atoms with Crippen molar-refractivity contribution >= 4 is 5.91 Å². The van der Waals surface area contributed by atoms with Gasteiger partial charge in [0.2, 0.25) is 5.91 Å². The number of carbonyl (C=O) groups excluding carboxylic acids is 1.